The Morgan fingerprint density at radius 1 is 1.30 bits per heavy atom. The monoisotopic (exact) mass is 285 g/mol. The highest BCUT2D eigenvalue weighted by Gasteiger charge is 2.36. The number of aromatic amines is 1. The number of halogens is 3. The summed E-state index contributed by atoms with van der Waals surface area (Å²) in [6, 6.07) is 6.63. The van der Waals surface area contributed by atoms with E-state index in [1.807, 2.05) is 0 Å². The van der Waals surface area contributed by atoms with E-state index < -0.39 is 17.8 Å². The van der Waals surface area contributed by atoms with Crippen LogP contribution in [0, 0.1) is 0 Å². The van der Waals surface area contributed by atoms with Crippen molar-refractivity contribution in [1.29, 1.82) is 0 Å². The summed E-state index contributed by atoms with van der Waals surface area (Å²) >= 11 is 0. The average Bonchev–Trinajstić information content (AvgIpc) is 2.78. The third-order valence-electron chi connectivity index (χ3n) is 3.13. The molecular formula is C14H14F3NO2. The van der Waals surface area contributed by atoms with Crippen LogP contribution in [0.3, 0.4) is 0 Å². The number of aryl methyl sites for hydroxylation is 1. The first-order valence-corrected chi connectivity index (χ1v) is 6.17. The van der Waals surface area contributed by atoms with Crippen LogP contribution in [0.2, 0.25) is 0 Å². The van der Waals surface area contributed by atoms with Crippen molar-refractivity contribution in [3.05, 3.63) is 35.5 Å². The summed E-state index contributed by atoms with van der Waals surface area (Å²) in [5, 5.41) is 0.546. The molecular weight excluding hydrogens is 271 g/mol. The number of alkyl halides is 3. The number of hydrogen-bond donors (Lipinski definition) is 1. The molecule has 6 heteroatoms. The van der Waals surface area contributed by atoms with Gasteiger partial charge in [-0.1, -0.05) is 18.2 Å². The Hall–Kier alpha value is -1.98. The third-order valence-corrected chi connectivity index (χ3v) is 3.13. The highest BCUT2D eigenvalue weighted by Crippen LogP contribution is 2.36. The number of methoxy groups -OCH3 is 1. The second-order valence-electron chi connectivity index (χ2n) is 4.45. The minimum atomic E-state index is -4.43. The number of H-pyrrole nitrogens is 1. The maximum absolute atomic E-state index is 13.0. The highest BCUT2D eigenvalue weighted by molar-refractivity contribution is 5.85. The van der Waals surface area contributed by atoms with Crippen LogP contribution in [-0.2, 0) is 22.1 Å². The smallest absolute Gasteiger partial charge is 0.431 e. The topological polar surface area (TPSA) is 42.1 Å². The summed E-state index contributed by atoms with van der Waals surface area (Å²) in [4.78, 5) is 13.4. The number of aromatic nitrogens is 1. The maximum atomic E-state index is 13.0. The summed E-state index contributed by atoms with van der Waals surface area (Å²) in [5.41, 5.74) is -0.0755. The molecule has 0 aliphatic rings. The maximum Gasteiger partial charge on any atom is 0.431 e. The van der Waals surface area contributed by atoms with E-state index >= 15 is 0 Å². The van der Waals surface area contributed by atoms with E-state index in [2.05, 4.69) is 9.72 Å². The molecule has 0 amide bonds. The molecule has 20 heavy (non-hydrogen) atoms. The van der Waals surface area contributed by atoms with Crippen molar-refractivity contribution < 1.29 is 22.7 Å². The molecule has 2 aromatic rings. The number of ether oxygens (including phenoxy) is 1. The number of rotatable bonds is 4. The van der Waals surface area contributed by atoms with Crippen LogP contribution in [0.5, 0.6) is 0 Å². The van der Waals surface area contributed by atoms with E-state index in [-0.39, 0.29) is 18.4 Å². The van der Waals surface area contributed by atoms with Crippen molar-refractivity contribution in [1.82, 2.24) is 4.98 Å². The molecule has 0 aliphatic carbocycles. The number of para-hydroxylation sites is 1. The van der Waals surface area contributed by atoms with Crippen LogP contribution in [0.15, 0.2) is 24.3 Å². The minimum absolute atomic E-state index is 0.104. The zero-order valence-electron chi connectivity index (χ0n) is 10.9. The van der Waals surface area contributed by atoms with Gasteiger partial charge in [0, 0.05) is 17.3 Å². The summed E-state index contributed by atoms with van der Waals surface area (Å²) in [6.07, 6.45) is -3.83. The van der Waals surface area contributed by atoms with E-state index in [0.29, 0.717) is 17.3 Å². The zero-order valence-corrected chi connectivity index (χ0v) is 10.9. The normalized spacial score (nSPS) is 11.8. The molecule has 1 aromatic heterocycles. The van der Waals surface area contributed by atoms with Gasteiger partial charge in [0.15, 0.2) is 0 Å². The number of nitrogens with one attached hydrogen (secondary N) is 1. The number of carbonyl (C=O) groups excluding carboxylic acids is 1. The van der Waals surface area contributed by atoms with Gasteiger partial charge in [-0.3, -0.25) is 4.79 Å². The van der Waals surface area contributed by atoms with Crippen molar-refractivity contribution in [2.45, 2.75) is 25.4 Å². The fourth-order valence-electron chi connectivity index (χ4n) is 2.21. The number of fused-ring (bicyclic) bond motifs is 1. The first kappa shape index (κ1) is 14.4. The molecule has 108 valence electrons. The predicted molar refractivity (Wildman–Crippen MR) is 68.3 cm³/mol. The molecule has 3 nitrogen and oxygen atoms in total. The molecule has 0 saturated carbocycles. The fourth-order valence-corrected chi connectivity index (χ4v) is 2.21. The number of esters is 1. The lowest BCUT2D eigenvalue weighted by molar-refractivity contribution is -0.141. The molecule has 0 fully saturated rings. The van der Waals surface area contributed by atoms with Gasteiger partial charge in [-0.05, 0) is 24.5 Å². The molecule has 2 rings (SSSR count). The first-order valence-electron chi connectivity index (χ1n) is 6.17. The number of benzene rings is 1. The van der Waals surface area contributed by atoms with Gasteiger partial charge in [0.2, 0.25) is 0 Å². The summed E-state index contributed by atoms with van der Waals surface area (Å²) in [7, 11) is 1.26. The van der Waals surface area contributed by atoms with Gasteiger partial charge in [0.25, 0.3) is 0 Å². The predicted octanol–water partition coefficient (Wildman–Crippen LogP) is 3.68. The Balaban J connectivity index is 2.31. The molecule has 0 radical (unpaired) electrons. The van der Waals surface area contributed by atoms with Crippen molar-refractivity contribution in [3.63, 3.8) is 0 Å². The van der Waals surface area contributed by atoms with E-state index in [1.165, 1.54) is 7.11 Å². The van der Waals surface area contributed by atoms with E-state index in [9.17, 15) is 18.0 Å². The Morgan fingerprint density at radius 3 is 2.65 bits per heavy atom. The molecule has 0 spiro atoms. The molecule has 0 bridgehead atoms. The van der Waals surface area contributed by atoms with Crippen LogP contribution in [0.4, 0.5) is 13.2 Å². The van der Waals surface area contributed by atoms with Crippen LogP contribution >= 0.6 is 0 Å². The van der Waals surface area contributed by atoms with Gasteiger partial charge < -0.3 is 9.72 Å². The standard InChI is InChI=1S/C14H14F3NO2/c1-20-12(19)8-4-6-10-9-5-2-3-7-11(9)18-13(10)14(15,16)17/h2-3,5,7,18H,4,6,8H2,1H3. The quantitative estimate of drug-likeness (QED) is 0.871. The average molecular weight is 285 g/mol. The Morgan fingerprint density at radius 2 is 2.00 bits per heavy atom. The van der Waals surface area contributed by atoms with E-state index in [4.69, 9.17) is 0 Å². The van der Waals surface area contributed by atoms with Crippen molar-refractivity contribution >= 4 is 16.9 Å². The van der Waals surface area contributed by atoms with Gasteiger partial charge >= 0.3 is 12.1 Å². The van der Waals surface area contributed by atoms with Crippen molar-refractivity contribution in [3.8, 4) is 0 Å². The lowest BCUT2D eigenvalue weighted by atomic mass is 10.0. The molecule has 0 saturated heterocycles. The van der Waals surface area contributed by atoms with Crippen LogP contribution in [0.25, 0.3) is 10.9 Å². The minimum Gasteiger partial charge on any atom is -0.469 e. The van der Waals surface area contributed by atoms with Gasteiger partial charge in [-0.15, -0.1) is 0 Å². The molecule has 0 aliphatic heterocycles. The summed E-state index contributed by atoms with van der Waals surface area (Å²) < 4.78 is 43.5. The Labute approximate surface area is 113 Å². The van der Waals surface area contributed by atoms with Crippen LogP contribution < -0.4 is 0 Å². The van der Waals surface area contributed by atoms with Gasteiger partial charge in [-0.2, -0.15) is 13.2 Å². The first-order chi connectivity index (χ1) is 9.43. The van der Waals surface area contributed by atoms with Gasteiger partial charge in [0.1, 0.15) is 5.69 Å². The summed E-state index contributed by atoms with van der Waals surface area (Å²) in [5.74, 6) is -0.418. The largest absolute Gasteiger partial charge is 0.469 e. The second kappa shape index (κ2) is 5.56. The van der Waals surface area contributed by atoms with Crippen LogP contribution in [0.1, 0.15) is 24.1 Å². The fraction of sp³-hybridized carbons (Fsp3) is 0.357. The van der Waals surface area contributed by atoms with Crippen LogP contribution in [-0.4, -0.2) is 18.1 Å². The molecule has 1 N–H and O–H groups in total. The Bertz CT molecular complexity index is 616. The van der Waals surface area contributed by atoms with Crippen molar-refractivity contribution in [2.24, 2.45) is 0 Å². The van der Waals surface area contributed by atoms with E-state index in [1.54, 1.807) is 24.3 Å². The second-order valence-corrected chi connectivity index (χ2v) is 4.45. The lowest BCUT2D eigenvalue weighted by Gasteiger charge is -2.08. The number of hydrogen-bond acceptors (Lipinski definition) is 2. The van der Waals surface area contributed by atoms with E-state index in [0.717, 1.165) is 0 Å². The van der Waals surface area contributed by atoms with Gasteiger partial charge in [0.05, 0.1) is 7.11 Å². The molecule has 0 atom stereocenters. The molecule has 1 aromatic carbocycles. The third kappa shape index (κ3) is 2.95. The lowest BCUT2D eigenvalue weighted by Crippen LogP contribution is -2.09. The molecule has 1 heterocycles. The van der Waals surface area contributed by atoms with Crippen molar-refractivity contribution in [2.75, 3.05) is 7.11 Å². The highest BCUT2D eigenvalue weighted by atomic mass is 19.4. The SMILES string of the molecule is COC(=O)CCCc1c(C(F)(F)F)[nH]c2ccccc12. The number of carbonyl (C=O) groups is 1. The summed E-state index contributed by atoms with van der Waals surface area (Å²) in [6.45, 7) is 0. The zero-order chi connectivity index (χ0) is 14.8. The Kier molecular flexibility index (Phi) is 4.01. The van der Waals surface area contributed by atoms with Gasteiger partial charge in [-0.25, -0.2) is 0 Å². The molecule has 0 unspecified atom stereocenters.